The lowest BCUT2D eigenvalue weighted by molar-refractivity contribution is -0.114. The van der Waals surface area contributed by atoms with Gasteiger partial charge in [0.2, 0.25) is 5.91 Å². The molecular formula is C17H18N2O2. The highest BCUT2D eigenvalue weighted by Gasteiger charge is 2.04. The van der Waals surface area contributed by atoms with E-state index in [1.165, 1.54) is 6.92 Å². The molecule has 0 aliphatic rings. The normalized spacial score (nSPS) is 10.0. The number of ketones is 1. The van der Waals surface area contributed by atoms with Crippen LogP contribution in [0, 0.1) is 6.92 Å². The van der Waals surface area contributed by atoms with Crippen LogP contribution in [0.25, 0.3) is 0 Å². The van der Waals surface area contributed by atoms with E-state index in [1.807, 2.05) is 37.3 Å². The first kappa shape index (κ1) is 14.8. The second kappa shape index (κ2) is 6.70. The van der Waals surface area contributed by atoms with Gasteiger partial charge in [0.15, 0.2) is 5.78 Å². The lowest BCUT2D eigenvalue weighted by atomic mass is 10.1. The molecule has 0 spiro atoms. The number of hydrogen-bond donors (Lipinski definition) is 2. The average Bonchev–Trinajstić information content (AvgIpc) is 2.48. The minimum Gasteiger partial charge on any atom is -0.376 e. The van der Waals surface area contributed by atoms with Crippen LogP contribution in [0.2, 0.25) is 0 Å². The molecule has 21 heavy (non-hydrogen) atoms. The average molecular weight is 282 g/mol. The molecule has 0 unspecified atom stereocenters. The summed E-state index contributed by atoms with van der Waals surface area (Å²) in [6, 6.07) is 14.7. The first-order valence-corrected chi connectivity index (χ1v) is 6.76. The van der Waals surface area contributed by atoms with Gasteiger partial charge in [0.1, 0.15) is 0 Å². The van der Waals surface area contributed by atoms with E-state index >= 15 is 0 Å². The summed E-state index contributed by atoms with van der Waals surface area (Å²) in [5.41, 5.74) is 3.29. The molecule has 4 nitrogen and oxygen atoms in total. The fourth-order valence-corrected chi connectivity index (χ4v) is 1.87. The molecule has 0 heterocycles. The summed E-state index contributed by atoms with van der Waals surface area (Å²) in [5.74, 6) is -0.130. The Morgan fingerprint density at radius 1 is 1.00 bits per heavy atom. The first-order valence-electron chi connectivity index (χ1n) is 6.76. The molecule has 2 aromatic rings. The molecule has 2 N–H and O–H groups in total. The van der Waals surface area contributed by atoms with Crippen LogP contribution in [0.3, 0.4) is 0 Å². The van der Waals surface area contributed by atoms with E-state index in [9.17, 15) is 9.59 Å². The lowest BCUT2D eigenvalue weighted by Crippen LogP contribution is -2.21. The number of rotatable bonds is 5. The smallest absolute Gasteiger partial charge is 0.243 e. The highest BCUT2D eigenvalue weighted by molar-refractivity contribution is 5.96. The minimum absolute atomic E-state index is 0.00255. The monoisotopic (exact) mass is 282 g/mol. The highest BCUT2D eigenvalue weighted by atomic mass is 16.2. The summed E-state index contributed by atoms with van der Waals surface area (Å²) in [6.07, 6.45) is 0. The summed E-state index contributed by atoms with van der Waals surface area (Å²) in [5, 5.41) is 5.82. The first-order chi connectivity index (χ1) is 10.0. The number of anilines is 2. The van der Waals surface area contributed by atoms with Crippen molar-refractivity contribution in [3.8, 4) is 0 Å². The van der Waals surface area contributed by atoms with Crippen LogP contribution in [0.4, 0.5) is 11.4 Å². The van der Waals surface area contributed by atoms with E-state index < -0.39 is 0 Å². The predicted molar refractivity (Wildman–Crippen MR) is 84.7 cm³/mol. The Morgan fingerprint density at radius 2 is 1.71 bits per heavy atom. The van der Waals surface area contributed by atoms with Gasteiger partial charge in [-0.15, -0.1) is 0 Å². The second-order valence-electron chi connectivity index (χ2n) is 4.90. The van der Waals surface area contributed by atoms with Crippen LogP contribution in [0.15, 0.2) is 48.5 Å². The van der Waals surface area contributed by atoms with Crippen LogP contribution in [0.1, 0.15) is 22.8 Å². The van der Waals surface area contributed by atoms with Crippen LogP contribution in [-0.4, -0.2) is 18.2 Å². The van der Waals surface area contributed by atoms with Crippen molar-refractivity contribution in [3.05, 3.63) is 59.7 Å². The third-order valence-electron chi connectivity index (χ3n) is 3.06. The third kappa shape index (κ3) is 4.45. The van der Waals surface area contributed by atoms with Crippen molar-refractivity contribution in [2.75, 3.05) is 17.2 Å². The van der Waals surface area contributed by atoms with Crippen molar-refractivity contribution in [1.82, 2.24) is 0 Å². The van der Waals surface area contributed by atoms with Gasteiger partial charge in [-0.05, 0) is 38.1 Å². The summed E-state index contributed by atoms with van der Waals surface area (Å²) >= 11 is 0. The fraction of sp³-hybridized carbons (Fsp3) is 0.176. The summed E-state index contributed by atoms with van der Waals surface area (Å²) in [6.45, 7) is 3.66. The lowest BCUT2D eigenvalue weighted by Gasteiger charge is -2.08. The largest absolute Gasteiger partial charge is 0.376 e. The zero-order valence-electron chi connectivity index (χ0n) is 12.1. The summed E-state index contributed by atoms with van der Waals surface area (Å²) in [4.78, 5) is 23.1. The van der Waals surface area contributed by atoms with Crippen molar-refractivity contribution in [2.45, 2.75) is 13.8 Å². The number of carbonyl (C=O) groups excluding carboxylic acids is 2. The van der Waals surface area contributed by atoms with E-state index in [4.69, 9.17) is 0 Å². The molecule has 0 saturated heterocycles. The van der Waals surface area contributed by atoms with E-state index in [0.717, 1.165) is 16.9 Å². The SMILES string of the molecule is CC(=O)c1cccc(NCC(=O)Nc2ccc(C)cc2)c1. The molecule has 0 radical (unpaired) electrons. The van der Waals surface area contributed by atoms with Crippen molar-refractivity contribution in [3.63, 3.8) is 0 Å². The molecule has 0 saturated carbocycles. The van der Waals surface area contributed by atoms with Gasteiger partial charge in [-0.25, -0.2) is 0 Å². The van der Waals surface area contributed by atoms with Crippen molar-refractivity contribution >= 4 is 23.1 Å². The van der Waals surface area contributed by atoms with Crippen LogP contribution < -0.4 is 10.6 Å². The maximum absolute atomic E-state index is 11.8. The standard InChI is InChI=1S/C17H18N2O2/c1-12-6-8-15(9-7-12)19-17(21)11-18-16-5-3-4-14(10-16)13(2)20/h3-10,18H,11H2,1-2H3,(H,19,21). The molecule has 108 valence electrons. The summed E-state index contributed by atoms with van der Waals surface area (Å²) in [7, 11) is 0. The Labute approximate surface area is 124 Å². The summed E-state index contributed by atoms with van der Waals surface area (Å²) < 4.78 is 0. The molecule has 0 aliphatic heterocycles. The van der Waals surface area contributed by atoms with Crippen LogP contribution in [0.5, 0.6) is 0 Å². The van der Waals surface area contributed by atoms with Gasteiger partial charge in [-0.1, -0.05) is 29.8 Å². The fourth-order valence-electron chi connectivity index (χ4n) is 1.87. The third-order valence-corrected chi connectivity index (χ3v) is 3.06. The van der Waals surface area contributed by atoms with Crippen molar-refractivity contribution in [2.24, 2.45) is 0 Å². The van der Waals surface area contributed by atoms with E-state index in [-0.39, 0.29) is 18.2 Å². The van der Waals surface area contributed by atoms with Crippen molar-refractivity contribution < 1.29 is 9.59 Å². The number of hydrogen-bond acceptors (Lipinski definition) is 3. The predicted octanol–water partition coefficient (Wildman–Crippen LogP) is 3.25. The number of carbonyl (C=O) groups is 2. The van der Waals surface area contributed by atoms with Gasteiger partial charge in [-0.2, -0.15) is 0 Å². The molecule has 4 heteroatoms. The van der Waals surface area contributed by atoms with Gasteiger partial charge < -0.3 is 10.6 Å². The highest BCUT2D eigenvalue weighted by Crippen LogP contribution is 2.11. The van der Waals surface area contributed by atoms with Gasteiger partial charge in [0.25, 0.3) is 0 Å². The maximum atomic E-state index is 11.8. The van der Waals surface area contributed by atoms with Gasteiger partial charge >= 0.3 is 0 Å². The number of nitrogens with one attached hydrogen (secondary N) is 2. The van der Waals surface area contributed by atoms with Gasteiger partial charge in [0.05, 0.1) is 6.54 Å². The molecule has 0 atom stereocenters. The Morgan fingerprint density at radius 3 is 2.38 bits per heavy atom. The molecule has 0 aliphatic carbocycles. The van der Waals surface area contributed by atoms with Gasteiger partial charge in [0, 0.05) is 16.9 Å². The Hall–Kier alpha value is -2.62. The molecular weight excluding hydrogens is 264 g/mol. The molecule has 2 rings (SSSR count). The zero-order valence-corrected chi connectivity index (χ0v) is 12.1. The molecule has 0 aromatic heterocycles. The minimum atomic E-state index is -0.132. The van der Waals surface area contributed by atoms with Crippen LogP contribution in [-0.2, 0) is 4.79 Å². The van der Waals surface area contributed by atoms with E-state index in [1.54, 1.807) is 18.2 Å². The number of benzene rings is 2. The molecule has 0 fully saturated rings. The number of aryl methyl sites for hydroxylation is 1. The maximum Gasteiger partial charge on any atom is 0.243 e. The zero-order chi connectivity index (χ0) is 15.2. The Bertz CT molecular complexity index is 648. The van der Waals surface area contributed by atoms with E-state index in [2.05, 4.69) is 10.6 Å². The van der Waals surface area contributed by atoms with Gasteiger partial charge in [-0.3, -0.25) is 9.59 Å². The van der Waals surface area contributed by atoms with E-state index in [0.29, 0.717) is 5.56 Å². The molecule has 0 bridgehead atoms. The number of amides is 1. The topological polar surface area (TPSA) is 58.2 Å². The Balaban J connectivity index is 1.90. The molecule has 2 aromatic carbocycles. The quantitative estimate of drug-likeness (QED) is 0.828. The van der Waals surface area contributed by atoms with Crippen LogP contribution >= 0.6 is 0 Å². The second-order valence-corrected chi connectivity index (χ2v) is 4.90. The Kier molecular flexibility index (Phi) is 4.72. The molecule has 1 amide bonds. The number of Topliss-reactive ketones (excluding diaryl/α,β-unsaturated/α-hetero) is 1. The van der Waals surface area contributed by atoms with Crippen molar-refractivity contribution in [1.29, 1.82) is 0 Å².